The Labute approximate surface area is 153 Å². The van der Waals surface area contributed by atoms with Gasteiger partial charge in [-0.05, 0) is 36.6 Å². The zero-order valence-electron chi connectivity index (χ0n) is 14.6. The summed E-state index contributed by atoms with van der Waals surface area (Å²) in [5.74, 6) is 0.831. The summed E-state index contributed by atoms with van der Waals surface area (Å²) in [5.41, 5.74) is 2.94. The molecule has 1 saturated heterocycles. The van der Waals surface area contributed by atoms with E-state index in [2.05, 4.69) is 22.0 Å². The zero-order chi connectivity index (χ0) is 18.3. The summed E-state index contributed by atoms with van der Waals surface area (Å²) in [6.07, 6.45) is 3.07. The van der Waals surface area contributed by atoms with Crippen molar-refractivity contribution in [2.75, 3.05) is 30.0 Å². The zero-order valence-corrected chi connectivity index (χ0v) is 15.4. The summed E-state index contributed by atoms with van der Waals surface area (Å²) in [6.45, 7) is 0.874. The van der Waals surface area contributed by atoms with Crippen molar-refractivity contribution in [3.63, 3.8) is 0 Å². The summed E-state index contributed by atoms with van der Waals surface area (Å²) < 4.78 is 23.3. The molecule has 1 amide bonds. The van der Waals surface area contributed by atoms with Crippen LogP contribution in [0.1, 0.15) is 22.3 Å². The first-order chi connectivity index (χ1) is 12.4. The number of hydrogen-bond donors (Lipinski definition) is 0. The Morgan fingerprint density at radius 2 is 2.04 bits per heavy atom. The molecule has 1 fully saturated rings. The SMILES string of the molecule is CN(C(=O)c1ccc(N2CCc3ccccc32)nc1)C1CCS(=O)(=O)C1. The van der Waals surface area contributed by atoms with Crippen molar-refractivity contribution < 1.29 is 13.2 Å². The fraction of sp³-hybridized carbons (Fsp3) is 0.368. The van der Waals surface area contributed by atoms with E-state index in [0.717, 1.165) is 24.5 Å². The lowest BCUT2D eigenvalue weighted by molar-refractivity contribution is 0.0747. The summed E-state index contributed by atoms with van der Waals surface area (Å²) >= 11 is 0. The van der Waals surface area contributed by atoms with Crippen LogP contribution in [0, 0.1) is 0 Å². The molecule has 0 aliphatic carbocycles. The molecule has 1 aromatic heterocycles. The van der Waals surface area contributed by atoms with Crippen LogP contribution in [0.4, 0.5) is 11.5 Å². The molecule has 136 valence electrons. The molecule has 0 radical (unpaired) electrons. The van der Waals surface area contributed by atoms with Crippen molar-refractivity contribution >= 4 is 27.2 Å². The van der Waals surface area contributed by atoms with Gasteiger partial charge in [-0.3, -0.25) is 4.79 Å². The number of fused-ring (bicyclic) bond motifs is 1. The van der Waals surface area contributed by atoms with E-state index in [1.54, 1.807) is 19.3 Å². The van der Waals surface area contributed by atoms with Crippen LogP contribution in [-0.2, 0) is 16.3 Å². The van der Waals surface area contributed by atoms with Crippen LogP contribution in [0.2, 0.25) is 0 Å². The van der Waals surface area contributed by atoms with Crippen LogP contribution < -0.4 is 4.90 Å². The van der Waals surface area contributed by atoms with Gasteiger partial charge in [0.2, 0.25) is 0 Å². The van der Waals surface area contributed by atoms with Gasteiger partial charge in [-0.1, -0.05) is 18.2 Å². The Morgan fingerprint density at radius 1 is 1.23 bits per heavy atom. The monoisotopic (exact) mass is 371 g/mol. The molecule has 0 bridgehead atoms. The number of anilines is 2. The fourth-order valence-corrected chi connectivity index (χ4v) is 5.47. The Hall–Kier alpha value is -2.41. The van der Waals surface area contributed by atoms with Gasteiger partial charge in [0.05, 0.1) is 17.1 Å². The average molecular weight is 371 g/mol. The number of sulfone groups is 1. The van der Waals surface area contributed by atoms with E-state index in [0.29, 0.717) is 12.0 Å². The quantitative estimate of drug-likeness (QED) is 0.826. The minimum atomic E-state index is -3.02. The van der Waals surface area contributed by atoms with Crippen LogP contribution in [0.3, 0.4) is 0 Å². The second-order valence-corrected chi connectivity index (χ2v) is 9.14. The number of para-hydroxylation sites is 1. The van der Waals surface area contributed by atoms with E-state index < -0.39 is 9.84 Å². The van der Waals surface area contributed by atoms with Crippen molar-refractivity contribution in [3.8, 4) is 0 Å². The molecular formula is C19H21N3O3S. The Bertz CT molecular complexity index is 941. The lowest BCUT2D eigenvalue weighted by Crippen LogP contribution is -2.37. The van der Waals surface area contributed by atoms with Crippen LogP contribution in [0.5, 0.6) is 0 Å². The van der Waals surface area contributed by atoms with E-state index >= 15 is 0 Å². The number of aromatic nitrogens is 1. The van der Waals surface area contributed by atoms with Crippen molar-refractivity contribution in [2.45, 2.75) is 18.9 Å². The third kappa shape index (κ3) is 3.07. The number of amides is 1. The standard InChI is InChI=1S/C19H21N3O3S/c1-21(16-9-11-26(24,25)13-16)19(23)15-6-7-18(20-12-15)22-10-8-14-4-2-3-5-17(14)22/h2-7,12,16H,8-11,13H2,1H3. The number of hydrogen-bond acceptors (Lipinski definition) is 5. The Kier molecular flexibility index (Phi) is 4.19. The van der Waals surface area contributed by atoms with Gasteiger partial charge in [0.1, 0.15) is 5.82 Å². The van der Waals surface area contributed by atoms with Crippen LogP contribution >= 0.6 is 0 Å². The summed E-state index contributed by atoms with van der Waals surface area (Å²) in [4.78, 5) is 20.8. The molecule has 4 rings (SSSR count). The van der Waals surface area contributed by atoms with Crippen LogP contribution in [-0.4, -0.2) is 55.3 Å². The third-order valence-electron chi connectivity index (χ3n) is 5.23. The molecule has 0 spiro atoms. The molecule has 2 aromatic rings. The van der Waals surface area contributed by atoms with Crippen LogP contribution in [0.25, 0.3) is 0 Å². The number of benzene rings is 1. The second kappa shape index (κ2) is 6.39. The number of nitrogens with zero attached hydrogens (tertiary/aromatic N) is 3. The highest BCUT2D eigenvalue weighted by Crippen LogP contribution is 2.33. The summed E-state index contributed by atoms with van der Waals surface area (Å²) in [5, 5.41) is 0. The Morgan fingerprint density at radius 3 is 2.73 bits per heavy atom. The summed E-state index contributed by atoms with van der Waals surface area (Å²) in [6, 6.07) is 11.6. The number of rotatable bonds is 3. The number of carbonyl (C=O) groups excluding carboxylic acids is 1. The minimum absolute atomic E-state index is 0.0469. The second-order valence-electron chi connectivity index (χ2n) is 6.91. The molecule has 1 unspecified atom stereocenters. The highest BCUT2D eigenvalue weighted by atomic mass is 32.2. The van der Waals surface area contributed by atoms with Gasteiger partial charge in [0.15, 0.2) is 9.84 Å². The van der Waals surface area contributed by atoms with Gasteiger partial charge in [0, 0.05) is 31.5 Å². The van der Waals surface area contributed by atoms with Crippen molar-refractivity contribution in [3.05, 3.63) is 53.7 Å². The largest absolute Gasteiger partial charge is 0.338 e. The molecule has 0 N–H and O–H groups in total. The third-order valence-corrected chi connectivity index (χ3v) is 6.99. The molecule has 1 atom stereocenters. The highest BCUT2D eigenvalue weighted by molar-refractivity contribution is 7.91. The maximum atomic E-state index is 12.7. The minimum Gasteiger partial charge on any atom is -0.338 e. The first kappa shape index (κ1) is 17.0. The first-order valence-electron chi connectivity index (χ1n) is 8.74. The smallest absolute Gasteiger partial charge is 0.255 e. The molecule has 2 aliphatic heterocycles. The molecule has 2 aliphatic rings. The van der Waals surface area contributed by atoms with Crippen molar-refractivity contribution in [1.29, 1.82) is 0 Å². The van der Waals surface area contributed by atoms with E-state index in [-0.39, 0.29) is 23.5 Å². The molecular weight excluding hydrogens is 350 g/mol. The molecule has 3 heterocycles. The lowest BCUT2D eigenvalue weighted by Gasteiger charge is -2.24. The van der Waals surface area contributed by atoms with Crippen molar-refractivity contribution in [2.24, 2.45) is 0 Å². The van der Waals surface area contributed by atoms with Gasteiger partial charge < -0.3 is 9.80 Å². The molecule has 0 saturated carbocycles. The van der Waals surface area contributed by atoms with E-state index in [1.807, 2.05) is 18.2 Å². The van der Waals surface area contributed by atoms with E-state index in [1.165, 1.54) is 10.5 Å². The predicted octanol–water partition coefficient (Wildman–Crippen LogP) is 2.03. The molecule has 1 aromatic carbocycles. The highest BCUT2D eigenvalue weighted by Gasteiger charge is 2.33. The van der Waals surface area contributed by atoms with E-state index in [9.17, 15) is 13.2 Å². The van der Waals surface area contributed by atoms with Gasteiger partial charge in [-0.2, -0.15) is 0 Å². The van der Waals surface area contributed by atoms with Gasteiger partial charge in [-0.25, -0.2) is 13.4 Å². The predicted molar refractivity (Wildman–Crippen MR) is 101 cm³/mol. The first-order valence-corrected chi connectivity index (χ1v) is 10.6. The van der Waals surface area contributed by atoms with Crippen molar-refractivity contribution in [1.82, 2.24) is 9.88 Å². The normalized spacial score (nSPS) is 20.8. The molecule has 6 nitrogen and oxygen atoms in total. The average Bonchev–Trinajstić information content (AvgIpc) is 3.24. The molecule has 26 heavy (non-hydrogen) atoms. The fourth-order valence-electron chi connectivity index (χ4n) is 3.70. The van der Waals surface area contributed by atoms with Gasteiger partial charge >= 0.3 is 0 Å². The topological polar surface area (TPSA) is 70.6 Å². The number of pyridine rings is 1. The van der Waals surface area contributed by atoms with Gasteiger partial charge in [0.25, 0.3) is 5.91 Å². The van der Waals surface area contributed by atoms with E-state index in [4.69, 9.17) is 0 Å². The summed E-state index contributed by atoms with van der Waals surface area (Å²) in [7, 11) is -1.35. The van der Waals surface area contributed by atoms with Gasteiger partial charge in [-0.15, -0.1) is 0 Å². The maximum absolute atomic E-state index is 12.7. The Balaban J connectivity index is 1.51. The number of carbonyl (C=O) groups is 1. The maximum Gasteiger partial charge on any atom is 0.255 e. The van der Waals surface area contributed by atoms with Crippen LogP contribution in [0.15, 0.2) is 42.6 Å². The molecule has 7 heteroatoms. The lowest BCUT2D eigenvalue weighted by atomic mass is 10.2.